The van der Waals surface area contributed by atoms with Gasteiger partial charge in [0.2, 0.25) is 0 Å². The van der Waals surface area contributed by atoms with Crippen molar-refractivity contribution in [1.29, 1.82) is 0 Å². The van der Waals surface area contributed by atoms with Crippen LogP contribution in [-0.2, 0) is 25.4 Å². The van der Waals surface area contributed by atoms with Gasteiger partial charge in [0.05, 0.1) is 5.52 Å². The number of benzene rings is 1. The summed E-state index contributed by atoms with van der Waals surface area (Å²) in [5.41, 5.74) is 0.262. The lowest BCUT2D eigenvalue weighted by Crippen LogP contribution is -2.39. The number of carbonyl (C=O) groups excluding carboxylic acids is 2. The Kier molecular flexibility index (Phi) is 7.63. The molecule has 0 aliphatic carbocycles. The van der Waals surface area contributed by atoms with E-state index in [0.29, 0.717) is 56.0 Å². The molecule has 1 aromatic carbocycles. The van der Waals surface area contributed by atoms with E-state index in [-0.39, 0.29) is 17.5 Å². The van der Waals surface area contributed by atoms with Gasteiger partial charge in [-0.05, 0) is 32.8 Å². The number of nitrogens with zero attached hydrogens (tertiary/aromatic N) is 6. The zero-order valence-electron chi connectivity index (χ0n) is 23.9. The van der Waals surface area contributed by atoms with Crippen molar-refractivity contribution >= 4 is 28.9 Å². The molecule has 0 radical (unpaired) electrons. The number of carbonyl (C=O) groups is 2. The second-order valence-corrected chi connectivity index (χ2v) is 11.2. The highest BCUT2D eigenvalue weighted by molar-refractivity contribution is 6.10. The lowest BCUT2D eigenvalue weighted by molar-refractivity contribution is 0.0263. The Balaban J connectivity index is 1.94. The molecule has 1 fully saturated rings. The van der Waals surface area contributed by atoms with E-state index in [1.165, 1.54) is 16.5 Å². The van der Waals surface area contributed by atoms with Crippen LogP contribution in [0.5, 0.6) is 0 Å². The van der Waals surface area contributed by atoms with Gasteiger partial charge in [-0.25, -0.2) is 9.59 Å². The molecule has 1 aliphatic heterocycles. The fraction of sp³-hybridized carbons (Fsp3) is 0.500. The lowest BCUT2D eigenvalue weighted by Gasteiger charge is -2.28. The molecule has 1 aliphatic rings. The number of fused-ring (bicyclic) bond motifs is 1. The monoisotopic (exact) mass is 538 g/mol. The standard InChI is InChI=1S/C28H38N6O5/c1-28(2,3)39-27(38)33-15-11-14-32(16-17-33)23-20(24(35)29(4)5)21-22(25(36)31(7)26(37)30(21)6)34(23)18-19-12-9-8-10-13-19/h8-10,12-13H,11,14-18H2,1-7H3. The summed E-state index contributed by atoms with van der Waals surface area (Å²) in [6.07, 6.45) is 0.258. The number of hydrogen-bond donors (Lipinski definition) is 0. The predicted octanol–water partition coefficient (Wildman–Crippen LogP) is 2.24. The SMILES string of the molecule is CN(C)C(=O)c1c(N2CCCN(C(=O)OC(C)(C)C)CC2)n(Cc2ccccc2)c2c(=O)n(C)c(=O)n(C)c12. The molecule has 0 spiro atoms. The number of rotatable bonds is 4. The average molecular weight is 539 g/mol. The van der Waals surface area contributed by atoms with E-state index in [1.54, 1.807) is 26.0 Å². The first-order chi connectivity index (χ1) is 18.3. The third kappa shape index (κ3) is 5.43. The largest absolute Gasteiger partial charge is 0.444 e. The summed E-state index contributed by atoms with van der Waals surface area (Å²) in [5, 5.41) is 0. The van der Waals surface area contributed by atoms with Gasteiger partial charge in [-0.15, -0.1) is 0 Å². The molecule has 4 rings (SSSR count). The van der Waals surface area contributed by atoms with Gasteiger partial charge in [-0.1, -0.05) is 30.3 Å². The number of aromatic nitrogens is 3. The molecule has 210 valence electrons. The second kappa shape index (κ2) is 10.6. The molecular weight excluding hydrogens is 500 g/mol. The van der Waals surface area contributed by atoms with Crippen molar-refractivity contribution in [2.45, 2.75) is 39.3 Å². The molecule has 0 N–H and O–H groups in total. The van der Waals surface area contributed by atoms with E-state index in [0.717, 1.165) is 10.1 Å². The molecule has 0 bridgehead atoms. The molecule has 39 heavy (non-hydrogen) atoms. The molecular formula is C28H38N6O5. The Morgan fingerprint density at radius 3 is 2.21 bits per heavy atom. The smallest absolute Gasteiger partial charge is 0.410 e. The van der Waals surface area contributed by atoms with Crippen molar-refractivity contribution in [2.75, 3.05) is 45.2 Å². The fourth-order valence-electron chi connectivity index (χ4n) is 5.01. The summed E-state index contributed by atoms with van der Waals surface area (Å²) >= 11 is 0. The van der Waals surface area contributed by atoms with Crippen molar-refractivity contribution in [2.24, 2.45) is 14.1 Å². The van der Waals surface area contributed by atoms with Gasteiger partial charge in [0.25, 0.3) is 11.5 Å². The summed E-state index contributed by atoms with van der Waals surface area (Å²) < 4.78 is 9.90. The Bertz CT molecular complexity index is 1510. The van der Waals surface area contributed by atoms with Gasteiger partial charge >= 0.3 is 11.8 Å². The number of amides is 2. The van der Waals surface area contributed by atoms with E-state index in [1.807, 2.05) is 60.6 Å². The highest BCUT2D eigenvalue weighted by Gasteiger charge is 2.33. The van der Waals surface area contributed by atoms with E-state index < -0.39 is 16.9 Å². The highest BCUT2D eigenvalue weighted by Crippen LogP contribution is 2.33. The molecule has 2 aromatic heterocycles. The number of hydrogen-bond acceptors (Lipinski definition) is 6. The van der Waals surface area contributed by atoms with Gasteiger partial charge < -0.3 is 24.0 Å². The first-order valence-corrected chi connectivity index (χ1v) is 13.1. The van der Waals surface area contributed by atoms with Crippen LogP contribution in [0.3, 0.4) is 0 Å². The van der Waals surface area contributed by atoms with Gasteiger partial charge in [0.1, 0.15) is 22.5 Å². The highest BCUT2D eigenvalue weighted by atomic mass is 16.6. The van der Waals surface area contributed by atoms with Crippen LogP contribution in [0.25, 0.3) is 11.0 Å². The third-order valence-corrected chi connectivity index (χ3v) is 6.88. The summed E-state index contributed by atoms with van der Waals surface area (Å²) in [6.45, 7) is 7.69. The summed E-state index contributed by atoms with van der Waals surface area (Å²) in [4.78, 5) is 58.4. The third-order valence-electron chi connectivity index (χ3n) is 6.88. The Morgan fingerprint density at radius 1 is 0.923 bits per heavy atom. The zero-order chi connectivity index (χ0) is 28.6. The van der Waals surface area contributed by atoms with Crippen molar-refractivity contribution in [3.63, 3.8) is 0 Å². The molecule has 3 aromatic rings. The predicted molar refractivity (Wildman–Crippen MR) is 151 cm³/mol. The van der Waals surface area contributed by atoms with Crippen LogP contribution in [0.4, 0.5) is 10.6 Å². The molecule has 11 nitrogen and oxygen atoms in total. The van der Waals surface area contributed by atoms with Crippen LogP contribution in [0.1, 0.15) is 43.1 Å². The quantitative estimate of drug-likeness (QED) is 0.505. The fourth-order valence-corrected chi connectivity index (χ4v) is 5.01. The normalized spacial score (nSPS) is 14.4. The van der Waals surface area contributed by atoms with Crippen molar-refractivity contribution in [1.82, 2.24) is 23.5 Å². The van der Waals surface area contributed by atoms with E-state index in [4.69, 9.17) is 4.74 Å². The molecule has 11 heteroatoms. The number of aryl methyl sites for hydroxylation is 1. The van der Waals surface area contributed by atoms with Crippen LogP contribution < -0.4 is 16.1 Å². The van der Waals surface area contributed by atoms with Crippen molar-refractivity contribution in [3.8, 4) is 0 Å². The van der Waals surface area contributed by atoms with E-state index >= 15 is 0 Å². The van der Waals surface area contributed by atoms with Gasteiger partial charge in [0.15, 0.2) is 0 Å². The Labute approximate surface area is 227 Å². The van der Waals surface area contributed by atoms with Crippen molar-refractivity contribution < 1.29 is 14.3 Å². The number of anilines is 1. The Morgan fingerprint density at radius 2 is 1.59 bits per heavy atom. The molecule has 0 atom stereocenters. The molecule has 0 unspecified atom stereocenters. The van der Waals surface area contributed by atoms with Gasteiger partial charge in [-0.2, -0.15) is 0 Å². The zero-order valence-corrected chi connectivity index (χ0v) is 23.9. The lowest BCUT2D eigenvalue weighted by atomic mass is 10.2. The maximum Gasteiger partial charge on any atom is 0.410 e. The first-order valence-electron chi connectivity index (χ1n) is 13.1. The summed E-state index contributed by atoms with van der Waals surface area (Å²) in [6, 6.07) is 9.68. The molecule has 0 saturated carbocycles. The van der Waals surface area contributed by atoms with Gasteiger partial charge in [-0.3, -0.25) is 18.7 Å². The van der Waals surface area contributed by atoms with Crippen LogP contribution >= 0.6 is 0 Å². The molecule has 2 amide bonds. The van der Waals surface area contributed by atoms with Crippen molar-refractivity contribution in [3.05, 3.63) is 62.3 Å². The van der Waals surface area contributed by atoms with Crippen LogP contribution in [0.15, 0.2) is 39.9 Å². The average Bonchev–Trinajstić information content (AvgIpc) is 3.01. The minimum Gasteiger partial charge on any atom is -0.444 e. The van der Waals surface area contributed by atoms with Gasteiger partial charge in [0, 0.05) is 60.9 Å². The maximum atomic E-state index is 13.7. The molecule has 1 saturated heterocycles. The summed E-state index contributed by atoms with van der Waals surface area (Å²) in [7, 11) is 6.33. The van der Waals surface area contributed by atoms with E-state index in [2.05, 4.69) is 0 Å². The minimum absolute atomic E-state index is 0.289. The van der Waals surface area contributed by atoms with E-state index in [9.17, 15) is 19.2 Å². The van der Waals surface area contributed by atoms with Crippen LogP contribution in [0, 0.1) is 0 Å². The first kappa shape index (κ1) is 28.0. The van der Waals surface area contributed by atoms with Crippen LogP contribution in [0.2, 0.25) is 0 Å². The second-order valence-electron chi connectivity index (χ2n) is 11.2. The number of ether oxygens (including phenoxy) is 1. The Hall–Kier alpha value is -4.02. The summed E-state index contributed by atoms with van der Waals surface area (Å²) in [5.74, 6) is 0.259. The molecule has 3 heterocycles. The van der Waals surface area contributed by atoms with Crippen LogP contribution in [-0.4, -0.2) is 81.4 Å². The topological polar surface area (TPSA) is 102 Å². The minimum atomic E-state index is -0.610. The maximum absolute atomic E-state index is 13.7.